The third kappa shape index (κ3) is 5.71. The second-order valence-electron chi connectivity index (χ2n) is 3.74. The van der Waals surface area contributed by atoms with Crippen molar-refractivity contribution in [2.24, 2.45) is 5.92 Å². The van der Waals surface area contributed by atoms with Crippen LogP contribution in [0.1, 0.15) is 40.5 Å². The number of halogens is 1. The third-order valence-electron chi connectivity index (χ3n) is 2.72. The summed E-state index contributed by atoms with van der Waals surface area (Å²) in [6.07, 6.45) is 2.39. The molecule has 0 rings (SSSR count). The van der Waals surface area contributed by atoms with Gasteiger partial charge < -0.3 is 4.43 Å². The normalized spacial score (nSPS) is 14.5. The molecule has 1 unspecified atom stereocenters. The summed E-state index contributed by atoms with van der Waals surface area (Å²) in [5, 5.41) is 0. The molecule has 0 aliphatic heterocycles. The summed E-state index contributed by atoms with van der Waals surface area (Å²) in [6, 6.07) is 2.04. The fraction of sp³-hybridized carbons (Fsp3) is 1.00. The van der Waals surface area contributed by atoms with Crippen molar-refractivity contribution in [2.75, 3.05) is 6.61 Å². The van der Waals surface area contributed by atoms with Crippen molar-refractivity contribution in [3.05, 3.63) is 0 Å². The van der Waals surface area contributed by atoms with Crippen LogP contribution in [0, 0.1) is 5.92 Å². The molecule has 0 saturated heterocycles. The molecule has 13 heavy (non-hydrogen) atoms. The Bertz CT molecular complexity index is 126. The Hall–Kier alpha value is 0.467. The number of rotatable bonds is 7. The summed E-state index contributed by atoms with van der Waals surface area (Å²) in [5.41, 5.74) is 0. The van der Waals surface area contributed by atoms with Crippen molar-refractivity contribution < 1.29 is 4.43 Å². The van der Waals surface area contributed by atoms with Gasteiger partial charge in [0.2, 0.25) is 0 Å². The number of hydrogen-bond donors (Lipinski definition) is 0. The van der Waals surface area contributed by atoms with E-state index in [4.69, 9.17) is 15.5 Å². The van der Waals surface area contributed by atoms with Crippen LogP contribution in [0.2, 0.25) is 12.1 Å². The molecule has 0 fully saturated rings. The van der Waals surface area contributed by atoms with Gasteiger partial charge in [-0.3, -0.25) is 0 Å². The molecule has 0 aliphatic rings. The summed E-state index contributed by atoms with van der Waals surface area (Å²) in [7, 11) is -1.80. The molecule has 0 N–H and O–H groups in total. The van der Waals surface area contributed by atoms with Crippen molar-refractivity contribution in [3.8, 4) is 0 Å². The Balaban J connectivity index is 3.61. The molecule has 0 aromatic carbocycles. The highest BCUT2D eigenvalue weighted by Crippen LogP contribution is 2.22. The van der Waals surface area contributed by atoms with Crippen LogP contribution in [0.4, 0.5) is 0 Å². The summed E-state index contributed by atoms with van der Waals surface area (Å²) in [6.45, 7) is 9.60. The van der Waals surface area contributed by atoms with E-state index in [2.05, 4.69) is 27.7 Å². The predicted octanol–water partition coefficient (Wildman–Crippen LogP) is 4.16. The van der Waals surface area contributed by atoms with Crippen LogP contribution in [-0.2, 0) is 4.43 Å². The van der Waals surface area contributed by atoms with Crippen LogP contribution in [0.5, 0.6) is 0 Å². The first-order valence-electron chi connectivity index (χ1n) is 5.40. The first-order valence-corrected chi connectivity index (χ1v) is 8.74. The van der Waals surface area contributed by atoms with E-state index in [0.717, 1.165) is 31.0 Å². The SMILES string of the molecule is CCC(C)CCO[Si](Cl)(CC)CC. The van der Waals surface area contributed by atoms with Gasteiger partial charge in [-0.1, -0.05) is 34.1 Å². The molecule has 1 nitrogen and oxygen atoms in total. The monoisotopic (exact) mass is 222 g/mol. The van der Waals surface area contributed by atoms with Crippen LogP contribution < -0.4 is 0 Å². The Morgan fingerprint density at radius 2 is 1.77 bits per heavy atom. The first kappa shape index (κ1) is 13.5. The molecule has 80 valence electrons. The highest BCUT2D eigenvalue weighted by atomic mass is 35.6. The van der Waals surface area contributed by atoms with Gasteiger partial charge in [-0.15, -0.1) is 11.1 Å². The molecular formula is C10H23ClOSi. The molecule has 0 radical (unpaired) electrons. The zero-order valence-electron chi connectivity index (χ0n) is 9.40. The first-order chi connectivity index (χ1) is 6.08. The summed E-state index contributed by atoms with van der Waals surface area (Å²) in [4.78, 5) is 0. The molecule has 0 saturated carbocycles. The van der Waals surface area contributed by atoms with Gasteiger partial charge >= 0.3 is 0 Å². The van der Waals surface area contributed by atoms with E-state index in [1.807, 2.05) is 0 Å². The Morgan fingerprint density at radius 3 is 2.15 bits per heavy atom. The Kier molecular flexibility index (Phi) is 7.10. The minimum atomic E-state index is -1.80. The zero-order valence-corrected chi connectivity index (χ0v) is 11.2. The van der Waals surface area contributed by atoms with Crippen LogP contribution in [-0.4, -0.2) is 14.2 Å². The average molecular weight is 223 g/mol. The zero-order chi connectivity index (χ0) is 10.3. The second kappa shape index (κ2) is 6.85. The summed E-state index contributed by atoms with van der Waals surface area (Å²) in [5.74, 6) is 0.767. The molecule has 0 aromatic rings. The molecule has 0 aromatic heterocycles. The van der Waals surface area contributed by atoms with Crippen LogP contribution in [0.15, 0.2) is 0 Å². The quantitative estimate of drug-likeness (QED) is 0.464. The van der Waals surface area contributed by atoms with Gasteiger partial charge in [-0.2, -0.15) is 0 Å². The maximum Gasteiger partial charge on any atom is 0.289 e. The smallest absolute Gasteiger partial charge is 0.289 e. The van der Waals surface area contributed by atoms with Crippen molar-refractivity contribution in [2.45, 2.75) is 52.6 Å². The third-order valence-corrected chi connectivity index (χ3v) is 7.49. The van der Waals surface area contributed by atoms with E-state index in [9.17, 15) is 0 Å². The molecule has 0 aliphatic carbocycles. The Morgan fingerprint density at radius 1 is 1.23 bits per heavy atom. The van der Waals surface area contributed by atoms with Crippen molar-refractivity contribution >= 4 is 18.7 Å². The van der Waals surface area contributed by atoms with E-state index in [1.165, 1.54) is 6.42 Å². The van der Waals surface area contributed by atoms with E-state index in [-0.39, 0.29) is 0 Å². The van der Waals surface area contributed by atoms with Crippen LogP contribution in [0.25, 0.3) is 0 Å². The lowest BCUT2D eigenvalue weighted by atomic mass is 10.1. The number of hydrogen-bond acceptors (Lipinski definition) is 1. The maximum absolute atomic E-state index is 6.35. The van der Waals surface area contributed by atoms with Gasteiger partial charge in [0.15, 0.2) is 0 Å². The highest BCUT2D eigenvalue weighted by Gasteiger charge is 2.27. The predicted molar refractivity (Wildman–Crippen MR) is 62.6 cm³/mol. The van der Waals surface area contributed by atoms with Crippen LogP contribution >= 0.6 is 11.1 Å². The Labute approximate surface area is 88.7 Å². The van der Waals surface area contributed by atoms with Crippen molar-refractivity contribution in [1.82, 2.24) is 0 Å². The van der Waals surface area contributed by atoms with E-state index in [0.29, 0.717) is 0 Å². The van der Waals surface area contributed by atoms with Crippen molar-refractivity contribution in [3.63, 3.8) is 0 Å². The molecule has 0 spiro atoms. The van der Waals surface area contributed by atoms with E-state index in [1.54, 1.807) is 0 Å². The molecule has 0 amide bonds. The lowest BCUT2D eigenvalue weighted by Gasteiger charge is -2.22. The minimum Gasteiger partial charge on any atom is -0.403 e. The largest absolute Gasteiger partial charge is 0.403 e. The molecule has 0 heterocycles. The topological polar surface area (TPSA) is 9.23 Å². The maximum atomic E-state index is 6.35. The van der Waals surface area contributed by atoms with E-state index >= 15 is 0 Å². The fourth-order valence-electron chi connectivity index (χ4n) is 1.10. The fourth-order valence-corrected chi connectivity index (χ4v) is 2.72. The summed E-state index contributed by atoms with van der Waals surface area (Å²) >= 11 is 6.35. The van der Waals surface area contributed by atoms with E-state index < -0.39 is 7.63 Å². The van der Waals surface area contributed by atoms with Crippen molar-refractivity contribution in [1.29, 1.82) is 0 Å². The van der Waals surface area contributed by atoms with Gasteiger partial charge in [-0.25, -0.2) is 0 Å². The average Bonchev–Trinajstić information content (AvgIpc) is 2.17. The van der Waals surface area contributed by atoms with Gasteiger partial charge in [0, 0.05) is 6.61 Å². The highest BCUT2D eigenvalue weighted by molar-refractivity contribution is 7.16. The molecule has 0 bridgehead atoms. The molecule has 1 atom stereocenters. The van der Waals surface area contributed by atoms with Gasteiger partial charge in [0.25, 0.3) is 7.63 Å². The van der Waals surface area contributed by atoms with Gasteiger partial charge in [0.1, 0.15) is 0 Å². The minimum absolute atomic E-state index is 0.767. The lowest BCUT2D eigenvalue weighted by molar-refractivity contribution is 0.277. The lowest BCUT2D eigenvalue weighted by Crippen LogP contribution is -2.30. The summed E-state index contributed by atoms with van der Waals surface area (Å²) < 4.78 is 5.80. The second-order valence-corrected chi connectivity index (χ2v) is 9.28. The molecular weight excluding hydrogens is 200 g/mol. The van der Waals surface area contributed by atoms with Gasteiger partial charge in [-0.05, 0) is 24.4 Å². The standard InChI is InChI=1S/C10H23ClOSi/c1-5-10(4)8-9-12-13(11,6-2)7-3/h10H,5-9H2,1-4H3. The van der Waals surface area contributed by atoms with Crippen LogP contribution in [0.3, 0.4) is 0 Å². The molecule has 3 heteroatoms. The van der Waals surface area contributed by atoms with Gasteiger partial charge in [0.05, 0.1) is 0 Å².